The molecule has 9 heteroatoms. The molecule has 3 rings (SSSR count). The van der Waals surface area contributed by atoms with Gasteiger partial charge in [0.15, 0.2) is 0 Å². The van der Waals surface area contributed by atoms with Gasteiger partial charge in [-0.25, -0.2) is 9.78 Å². The first-order chi connectivity index (χ1) is 10.2. The van der Waals surface area contributed by atoms with Gasteiger partial charge in [0.2, 0.25) is 0 Å². The lowest BCUT2D eigenvalue weighted by Crippen LogP contribution is -2.10. The molecule has 2 aromatic heterocycles. The number of carbonyl (C=O) groups is 1. The molecule has 0 saturated heterocycles. The largest absolute Gasteiger partial charge is 0.459 e. The van der Waals surface area contributed by atoms with Crippen molar-refractivity contribution in [2.75, 3.05) is 6.61 Å². The van der Waals surface area contributed by atoms with Crippen LogP contribution in [0.3, 0.4) is 0 Å². The number of H-pyrrole nitrogens is 1. The van der Waals surface area contributed by atoms with E-state index in [0.29, 0.717) is 16.8 Å². The number of rotatable bonds is 5. The standard InChI is InChI=1S/C12H12N4O4S/c1-2-19-11(18)10-15-16-12(20-10)21-8-5-7(17)13-9(14-8)6-3-4-6/h5-6H,2-4H2,1H3,(H,13,14,17). The van der Waals surface area contributed by atoms with Gasteiger partial charge in [-0.3, -0.25) is 4.79 Å². The molecule has 110 valence electrons. The summed E-state index contributed by atoms with van der Waals surface area (Å²) in [4.78, 5) is 30.1. The van der Waals surface area contributed by atoms with Gasteiger partial charge < -0.3 is 14.1 Å². The Morgan fingerprint density at radius 2 is 2.33 bits per heavy atom. The zero-order chi connectivity index (χ0) is 14.8. The summed E-state index contributed by atoms with van der Waals surface area (Å²) in [7, 11) is 0. The first kappa shape index (κ1) is 13.8. The molecule has 0 atom stereocenters. The van der Waals surface area contributed by atoms with Crippen LogP contribution in [0.4, 0.5) is 0 Å². The number of esters is 1. The molecule has 1 saturated carbocycles. The van der Waals surface area contributed by atoms with Gasteiger partial charge in [0.1, 0.15) is 10.9 Å². The van der Waals surface area contributed by atoms with Crippen molar-refractivity contribution >= 4 is 17.7 Å². The van der Waals surface area contributed by atoms with E-state index in [2.05, 4.69) is 20.2 Å². The fourth-order valence-electron chi connectivity index (χ4n) is 1.67. The van der Waals surface area contributed by atoms with Crippen molar-refractivity contribution in [2.45, 2.75) is 35.9 Å². The van der Waals surface area contributed by atoms with Gasteiger partial charge in [0.25, 0.3) is 10.8 Å². The van der Waals surface area contributed by atoms with Gasteiger partial charge in [-0.1, -0.05) is 5.10 Å². The molecular formula is C12H12N4O4S. The molecule has 0 aromatic carbocycles. The van der Waals surface area contributed by atoms with Crippen molar-refractivity contribution in [3.63, 3.8) is 0 Å². The van der Waals surface area contributed by atoms with E-state index in [0.717, 1.165) is 24.6 Å². The van der Waals surface area contributed by atoms with Crippen LogP contribution in [-0.2, 0) is 4.74 Å². The van der Waals surface area contributed by atoms with Crippen LogP contribution in [0.25, 0.3) is 0 Å². The molecule has 8 nitrogen and oxygen atoms in total. The molecule has 0 bridgehead atoms. The predicted molar refractivity (Wildman–Crippen MR) is 71.2 cm³/mol. The van der Waals surface area contributed by atoms with E-state index in [4.69, 9.17) is 9.15 Å². The summed E-state index contributed by atoms with van der Waals surface area (Å²) in [5.41, 5.74) is -0.223. The monoisotopic (exact) mass is 308 g/mol. The van der Waals surface area contributed by atoms with Gasteiger partial charge in [-0.05, 0) is 31.5 Å². The summed E-state index contributed by atoms with van der Waals surface area (Å²) >= 11 is 1.04. The Bertz CT molecular complexity index is 722. The van der Waals surface area contributed by atoms with Crippen LogP contribution < -0.4 is 5.56 Å². The van der Waals surface area contributed by atoms with Crippen molar-refractivity contribution in [1.82, 2.24) is 20.2 Å². The lowest BCUT2D eigenvalue weighted by Gasteiger charge is -2.00. The van der Waals surface area contributed by atoms with Crippen LogP contribution in [0, 0.1) is 0 Å². The Morgan fingerprint density at radius 3 is 3.05 bits per heavy atom. The Kier molecular flexibility index (Phi) is 3.74. The van der Waals surface area contributed by atoms with E-state index >= 15 is 0 Å². The van der Waals surface area contributed by atoms with Crippen LogP contribution >= 0.6 is 11.8 Å². The molecule has 0 spiro atoms. The van der Waals surface area contributed by atoms with Gasteiger partial charge in [-0.15, -0.1) is 5.10 Å². The van der Waals surface area contributed by atoms with Crippen molar-refractivity contribution in [3.05, 3.63) is 28.1 Å². The average Bonchev–Trinajstić information content (AvgIpc) is 3.19. The van der Waals surface area contributed by atoms with Gasteiger partial charge in [0.05, 0.1) is 6.61 Å². The first-order valence-electron chi connectivity index (χ1n) is 6.45. The molecule has 0 radical (unpaired) electrons. The number of hydrogen-bond donors (Lipinski definition) is 1. The lowest BCUT2D eigenvalue weighted by molar-refractivity contribution is 0.0475. The van der Waals surface area contributed by atoms with Gasteiger partial charge in [-0.2, -0.15) is 0 Å². The molecule has 1 aliphatic carbocycles. The number of ether oxygens (including phenoxy) is 1. The highest BCUT2D eigenvalue weighted by Crippen LogP contribution is 2.38. The maximum atomic E-state index is 11.6. The van der Waals surface area contributed by atoms with Crippen LogP contribution in [0.15, 0.2) is 25.5 Å². The molecule has 0 unspecified atom stereocenters. The SMILES string of the molecule is CCOC(=O)c1nnc(Sc2cc(=O)[nH]c(C3CC3)n2)o1. The number of hydrogen-bond acceptors (Lipinski definition) is 8. The minimum atomic E-state index is -0.672. The van der Waals surface area contributed by atoms with Gasteiger partial charge >= 0.3 is 11.9 Å². The van der Waals surface area contributed by atoms with E-state index in [1.165, 1.54) is 6.07 Å². The topological polar surface area (TPSA) is 111 Å². The number of nitrogens with one attached hydrogen (secondary N) is 1. The molecule has 2 heterocycles. The molecule has 21 heavy (non-hydrogen) atoms. The van der Waals surface area contributed by atoms with Crippen molar-refractivity contribution < 1.29 is 13.9 Å². The van der Waals surface area contributed by atoms with Crippen molar-refractivity contribution in [1.29, 1.82) is 0 Å². The Hall–Kier alpha value is -2.16. The van der Waals surface area contributed by atoms with E-state index < -0.39 is 5.97 Å². The fraction of sp³-hybridized carbons (Fsp3) is 0.417. The second kappa shape index (κ2) is 5.68. The maximum Gasteiger partial charge on any atom is 0.396 e. The zero-order valence-electron chi connectivity index (χ0n) is 11.2. The number of aromatic nitrogens is 4. The van der Waals surface area contributed by atoms with Crippen LogP contribution in [0.5, 0.6) is 0 Å². The predicted octanol–water partition coefficient (Wildman–Crippen LogP) is 1.36. The second-order valence-corrected chi connectivity index (χ2v) is 5.41. The maximum absolute atomic E-state index is 11.6. The number of aromatic amines is 1. The summed E-state index contributed by atoms with van der Waals surface area (Å²) < 4.78 is 9.93. The second-order valence-electron chi connectivity index (χ2n) is 4.44. The van der Waals surface area contributed by atoms with Crippen LogP contribution in [-0.4, -0.2) is 32.7 Å². The summed E-state index contributed by atoms with van der Waals surface area (Å²) in [6, 6.07) is 1.35. The third kappa shape index (κ3) is 3.30. The van der Waals surface area contributed by atoms with E-state index in [1.807, 2.05) is 0 Å². The molecule has 1 aliphatic rings. The summed E-state index contributed by atoms with van der Waals surface area (Å²) in [5.74, 6) is 0.118. The Labute approximate surface area is 123 Å². The summed E-state index contributed by atoms with van der Waals surface area (Å²) in [6.45, 7) is 1.91. The molecule has 0 aliphatic heterocycles. The quantitative estimate of drug-likeness (QED) is 0.651. The molecule has 1 N–H and O–H groups in total. The highest BCUT2D eigenvalue weighted by molar-refractivity contribution is 7.99. The highest BCUT2D eigenvalue weighted by Gasteiger charge is 2.26. The Balaban J connectivity index is 1.77. The molecule has 2 aromatic rings. The number of carbonyl (C=O) groups excluding carboxylic acids is 1. The van der Waals surface area contributed by atoms with E-state index in [-0.39, 0.29) is 23.3 Å². The smallest absolute Gasteiger partial charge is 0.396 e. The summed E-state index contributed by atoms with van der Waals surface area (Å²) in [6.07, 6.45) is 2.06. The third-order valence-electron chi connectivity index (χ3n) is 2.75. The summed E-state index contributed by atoms with van der Waals surface area (Å²) in [5, 5.41) is 7.92. The van der Waals surface area contributed by atoms with Crippen LogP contribution in [0.2, 0.25) is 0 Å². The van der Waals surface area contributed by atoms with E-state index in [1.54, 1.807) is 6.92 Å². The first-order valence-corrected chi connectivity index (χ1v) is 7.27. The number of nitrogens with zero attached hydrogens (tertiary/aromatic N) is 3. The van der Waals surface area contributed by atoms with Crippen LogP contribution in [0.1, 0.15) is 42.2 Å². The normalized spacial score (nSPS) is 14.1. The van der Waals surface area contributed by atoms with E-state index in [9.17, 15) is 9.59 Å². The third-order valence-corrected chi connectivity index (χ3v) is 3.51. The lowest BCUT2D eigenvalue weighted by atomic mass is 10.4. The zero-order valence-corrected chi connectivity index (χ0v) is 12.0. The highest BCUT2D eigenvalue weighted by atomic mass is 32.2. The minimum absolute atomic E-state index is 0.137. The Morgan fingerprint density at radius 1 is 1.52 bits per heavy atom. The van der Waals surface area contributed by atoms with Crippen molar-refractivity contribution in [2.24, 2.45) is 0 Å². The molecular weight excluding hydrogens is 296 g/mol. The molecule has 0 amide bonds. The minimum Gasteiger partial charge on any atom is -0.459 e. The van der Waals surface area contributed by atoms with Crippen molar-refractivity contribution in [3.8, 4) is 0 Å². The average molecular weight is 308 g/mol. The fourth-order valence-corrected chi connectivity index (χ4v) is 2.36. The molecule has 1 fully saturated rings. The van der Waals surface area contributed by atoms with Gasteiger partial charge in [0, 0.05) is 12.0 Å².